The summed E-state index contributed by atoms with van der Waals surface area (Å²) in [5.74, 6) is 1.05. The number of nitrogens with zero attached hydrogens (tertiary/aromatic N) is 3. The van der Waals surface area contributed by atoms with E-state index >= 15 is 0 Å². The van der Waals surface area contributed by atoms with Crippen LogP contribution >= 0.6 is 0 Å². The summed E-state index contributed by atoms with van der Waals surface area (Å²) in [4.78, 5) is 8.82. The van der Waals surface area contributed by atoms with Crippen LogP contribution in [0.3, 0.4) is 0 Å². The lowest BCUT2D eigenvalue weighted by Gasteiger charge is -2.21. The molecular weight excluding hydrogens is 186 g/mol. The minimum absolute atomic E-state index is 0.590. The smallest absolute Gasteiger partial charge is 0.128 e. The molecule has 3 nitrogen and oxygen atoms in total. The largest absolute Gasteiger partial charge is 0.363 e. The van der Waals surface area contributed by atoms with Gasteiger partial charge in [-0.2, -0.15) is 0 Å². The van der Waals surface area contributed by atoms with Crippen LogP contribution in [0.25, 0.3) is 0 Å². The number of hydrogen-bond acceptors (Lipinski definition) is 3. The van der Waals surface area contributed by atoms with E-state index in [4.69, 9.17) is 0 Å². The number of hydrogen-bond donors (Lipinski definition) is 0. The maximum atomic E-state index is 4.34. The van der Waals surface area contributed by atoms with Gasteiger partial charge < -0.3 is 4.90 Å². The van der Waals surface area contributed by atoms with E-state index in [1.807, 2.05) is 20.3 Å². The quantitative estimate of drug-likeness (QED) is 0.735. The zero-order chi connectivity index (χ0) is 10.8. The number of anilines is 1. The van der Waals surface area contributed by atoms with E-state index in [0.717, 1.165) is 5.82 Å². The standard InChI is InChI=1S/C12H19N3/c1-14(2)12-9-10(6-7-13-12)11-5-4-8-15(11)3/h6-7,9,11H,4-5,8H2,1-3H3/t11-/m1/s1. The molecule has 0 N–H and O–H groups in total. The van der Waals surface area contributed by atoms with Gasteiger partial charge in [0.15, 0.2) is 0 Å². The topological polar surface area (TPSA) is 19.4 Å². The Kier molecular flexibility index (Phi) is 2.91. The second-order valence-corrected chi connectivity index (χ2v) is 4.48. The molecule has 0 spiro atoms. The van der Waals surface area contributed by atoms with Crippen molar-refractivity contribution in [3.05, 3.63) is 23.9 Å². The molecule has 1 saturated heterocycles. The van der Waals surface area contributed by atoms with Gasteiger partial charge in [0.1, 0.15) is 5.82 Å². The molecule has 1 aliphatic heterocycles. The van der Waals surface area contributed by atoms with E-state index < -0.39 is 0 Å². The van der Waals surface area contributed by atoms with E-state index in [9.17, 15) is 0 Å². The molecule has 1 aromatic rings. The van der Waals surface area contributed by atoms with Crippen LogP contribution in [-0.4, -0.2) is 37.6 Å². The average Bonchev–Trinajstić information content (AvgIpc) is 2.64. The van der Waals surface area contributed by atoms with Crippen molar-refractivity contribution in [2.75, 3.05) is 32.6 Å². The highest BCUT2D eigenvalue weighted by Crippen LogP contribution is 2.31. The molecular formula is C12H19N3. The first-order valence-corrected chi connectivity index (χ1v) is 5.52. The molecule has 0 unspecified atom stereocenters. The fraction of sp³-hybridized carbons (Fsp3) is 0.583. The van der Waals surface area contributed by atoms with Gasteiger partial charge >= 0.3 is 0 Å². The summed E-state index contributed by atoms with van der Waals surface area (Å²) in [6.45, 7) is 1.21. The van der Waals surface area contributed by atoms with E-state index in [0.29, 0.717) is 6.04 Å². The highest BCUT2D eigenvalue weighted by molar-refractivity contribution is 5.40. The minimum Gasteiger partial charge on any atom is -0.363 e. The van der Waals surface area contributed by atoms with Gasteiger partial charge in [0.05, 0.1) is 0 Å². The second-order valence-electron chi connectivity index (χ2n) is 4.48. The molecule has 1 aromatic heterocycles. The highest BCUT2D eigenvalue weighted by Gasteiger charge is 2.22. The van der Waals surface area contributed by atoms with Gasteiger partial charge in [0.2, 0.25) is 0 Å². The highest BCUT2D eigenvalue weighted by atomic mass is 15.2. The molecule has 2 heterocycles. The summed E-state index contributed by atoms with van der Waals surface area (Å²) in [6, 6.07) is 4.93. The summed E-state index contributed by atoms with van der Waals surface area (Å²) in [6.07, 6.45) is 4.49. The SMILES string of the molecule is CN(C)c1cc([C@H]2CCCN2C)ccn1. The van der Waals surface area contributed by atoms with Gasteiger partial charge in [-0.15, -0.1) is 0 Å². The molecule has 0 radical (unpaired) electrons. The number of pyridine rings is 1. The average molecular weight is 205 g/mol. The zero-order valence-electron chi connectivity index (χ0n) is 9.77. The molecule has 1 fully saturated rings. The lowest BCUT2D eigenvalue weighted by atomic mass is 10.1. The molecule has 0 saturated carbocycles. The Labute approximate surface area is 91.7 Å². The molecule has 1 atom stereocenters. The van der Waals surface area contributed by atoms with E-state index in [1.165, 1.54) is 24.9 Å². The van der Waals surface area contributed by atoms with Gasteiger partial charge in [-0.1, -0.05) is 0 Å². The Bertz CT molecular complexity index is 335. The normalized spacial score (nSPS) is 21.9. The molecule has 2 rings (SSSR count). The van der Waals surface area contributed by atoms with Crippen LogP contribution in [0.2, 0.25) is 0 Å². The first kappa shape index (κ1) is 10.4. The maximum Gasteiger partial charge on any atom is 0.128 e. The van der Waals surface area contributed by atoms with E-state index in [1.54, 1.807) is 0 Å². The number of likely N-dealkylation sites (tertiary alicyclic amines) is 1. The van der Waals surface area contributed by atoms with E-state index in [2.05, 4.69) is 34.0 Å². The van der Waals surface area contributed by atoms with Gasteiger partial charge in [0.25, 0.3) is 0 Å². The third-order valence-electron chi connectivity index (χ3n) is 3.13. The van der Waals surface area contributed by atoms with Crippen molar-refractivity contribution in [2.45, 2.75) is 18.9 Å². The second kappa shape index (κ2) is 4.19. The first-order chi connectivity index (χ1) is 7.18. The summed E-state index contributed by atoms with van der Waals surface area (Å²) >= 11 is 0. The lowest BCUT2D eigenvalue weighted by molar-refractivity contribution is 0.317. The van der Waals surface area contributed by atoms with Crippen LogP contribution in [0.5, 0.6) is 0 Å². The van der Waals surface area contributed by atoms with Gasteiger partial charge in [-0.05, 0) is 44.1 Å². The van der Waals surface area contributed by atoms with E-state index in [-0.39, 0.29) is 0 Å². The minimum atomic E-state index is 0.590. The third kappa shape index (κ3) is 2.12. The predicted octanol–water partition coefficient (Wildman–Crippen LogP) is 1.91. The van der Waals surface area contributed by atoms with Crippen molar-refractivity contribution in [3.63, 3.8) is 0 Å². The molecule has 0 amide bonds. The van der Waals surface area contributed by atoms with Crippen molar-refractivity contribution < 1.29 is 0 Å². The van der Waals surface area contributed by atoms with Crippen molar-refractivity contribution in [1.29, 1.82) is 0 Å². The first-order valence-electron chi connectivity index (χ1n) is 5.52. The molecule has 0 bridgehead atoms. The number of aromatic nitrogens is 1. The lowest BCUT2D eigenvalue weighted by Crippen LogP contribution is -2.18. The van der Waals surface area contributed by atoms with Crippen molar-refractivity contribution in [3.8, 4) is 0 Å². The molecule has 0 aliphatic carbocycles. The Hall–Kier alpha value is -1.09. The van der Waals surface area contributed by atoms with Gasteiger partial charge in [-0.25, -0.2) is 4.98 Å². The molecule has 15 heavy (non-hydrogen) atoms. The summed E-state index contributed by atoms with van der Waals surface area (Å²) in [5.41, 5.74) is 1.40. The van der Waals surface area contributed by atoms with Crippen LogP contribution < -0.4 is 4.90 Å². The zero-order valence-corrected chi connectivity index (χ0v) is 9.77. The Balaban J connectivity index is 2.24. The summed E-state index contributed by atoms with van der Waals surface area (Å²) in [7, 11) is 6.27. The molecule has 1 aliphatic rings. The molecule has 3 heteroatoms. The summed E-state index contributed by atoms with van der Waals surface area (Å²) < 4.78 is 0. The van der Waals surface area contributed by atoms with Crippen molar-refractivity contribution >= 4 is 5.82 Å². The van der Waals surface area contributed by atoms with Crippen LogP contribution in [0.1, 0.15) is 24.4 Å². The third-order valence-corrected chi connectivity index (χ3v) is 3.13. The molecule has 0 aromatic carbocycles. The predicted molar refractivity (Wildman–Crippen MR) is 63.2 cm³/mol. The Morgan fingerprint density at radius 3 is 2.87 bits per heavy atom. The van der Waals surface area contributed by atoms with Crippen LogP contribution in [0.4, 0.5) is 5.82 Å². The van der Waals surface area contributed by atoms with Crippen LogP contribution in [-0.2, 0) is 0 Å². The Morgan fingerprint density at radius 1 is 1.47 bits per heavy atom. The Morgan fingerprint density at radius 2 is 2.27 bits per heavy atom. The van der Waals surface area contributed by atoms with Crippen LogP contribution in [0, 0.1) is 0 Å². The maximum absolute atomic E-state index is 4.34. The fourth-order valence-corrected chi connectivity index (χ4v) is 2.22. The fourth-order valence-electron chi connectivity index (χ4n) is 2.22. The van der Waals surface area contributed by atoms with Crippen LogP contribution in [0.15, 0.2) is 18.3 Å². The van der Waals surface area contributed by atoms with Crippen molar-refractivity contribution in [1.82, 2.24) is 9.88 Å². The number of rotatable bonds is 2. The summed E-state index contributed by atoms with van der Waals surface area (Å²) in [5, 5.41) is 0. The monoisotopic (exact) mass is 205 g/mol. The van der Waals surface area contributed by atoms with Gasteiger partial charge in [0, 0.05) is 26.3 Å². The van der Waals surface area contributed by atoms with Gasteiger partial charge in [-0.3, -0.25) is 4.90 Å². The van der Waals surface area contributed by atoms with Crippen molar-refractivity contribution in [2.24, 2.45) is 0 Å². The molecule has 82 valence electrons.